The summed E-state index contributed by atoms with van der Waals surface area (Å²) in [4.78, 5) is 24.8. The number of hydrogen-bond donors (Lipinski definition) is 3. The molecule has 6 heteroatoms. The van der Waals surface area contributed by atoms with E-state index in [0.29, 0.717) is 12.2 Å². The summed E-state index contributed by atoms with van der Waals surface area (Å²) in [7, 11) is 0. The van der Waals surface area contributed by atoms with Crippen LogP contribution in [0.5, 0.6) is 0 Å². The minimum absolute atomic E-state index is 0.0962. The maximum atomic E-state index is 12.0. The molecule has 1 amide bonds. The topological polar surface area (TPSA) is 95.7 Å². The van der Waals surface area contributed by atoms with Crippen LogP contribution in [0.3, 0.4) is 0 Å². The molecule has 0 radical (unpaired) electrons. The number of benzene rings is 1. The molecule has 0 aromatic heterocycles. The van der Waals surface area contributed by atoms with Crippen LogP contribution < -0.4 is 11.1 Å². The van der Waals surface area contributed by atoms with Gasteiger partial charge in [-0.2, -0.15) is 0 Å². The SMILES string of the molecule is NCC1C=CCCN1CC(=O)Nc1ccc(C(=O)O)cc1. The van der Waals surface area contributed by atoms with Gasteiger partial charge < -0.3 is 16.2 Å². The van der Waals surface area contributed by atoms with Gasteiger partial charge in [0.15, 0.2) is 0 Å². The Morgan fingerprint density at radius 3 is 2.67 bits per heavy atom. The summed E-state index contributed by atoms with van der Waals surface area (Å²) in [6.45, 7) is 1.56. The summed E-state index contributed by atoms with van der Waals surface area (Å²) < 4.78 is 0. The molecule has 0 aliphatic carbocycles. The van der Waals surface area contributed by atoms with Gasteiger partial charge in [-0.25, -0.2) is 4.79 Å². The second kappa shape index (κ2) is 7.01. The van der Waals surface area contributed by atoms with Crippen LogP contribution in [0.2, 0.25) is 0 Å². The predicted octanol–water partition coefficient (Wildman–Crippen LogP) is 0.912. The van der Waals surface area contributed by atoms with Gasteiger partial charge in [-0.3, -0.25) is 9.69 Å². The van der Waals surface area contributed by atoms with E-state index in [1.54, 1.807) is 12.1 Å². The first kappa shape index (κ1) is 15.2. The molecule has 1 aliphatic rings. The highest BCUT2D eigenvalue weighted by atomic mass is 16.4. The maximum absolute atomic E-state index is 12.0. The Morgan fingerprint density at radius 1 is 1.33 bits per heavy atom. The minimum atomic E-state index is -0.987. The average molecular weight is 289 g/mol. The lowest BCUT2D eigenvalue weighted by Gasteiger charge is -2.30. The van der Waals surface area contributed by atoms with E-state index in [1.807, 2.05) is 11.0 Å². The van der Waals surface area contributed by atoms with Crippen molar-refractivity contribution in [3.63, 3.8) is 0 Å². The lowest BCUT2D eigenvalue weighted by atomic mass is 10.1. The van der Waals surface area contributed by atoms with Gasteiger partial charge in [0.25, 0.3) is 0 Å². The van der Waals surface area contributed by atoms with Crippen LogP contribution in [0.4, 0.5) is 5.69 Å². The Labute approximate surface area is 123 Å². The van der Waals surface area contributed by atoms with Crippen molar-refractivity contribution in [1.82, 2.24) is 4.90 Å². The van der Waals surface area contributed by atoms with Gasteiger partial charge in [0, 0.05) is 24.8 Å². The molecule has 0 fully saturated rings. The van der Waals surface area contributed by atoms with Crippen LogP contribution in [-0.4, -0.2) is 47.6 Å². The molecule has 0 saturated heterocycles. The summed E-state index contributed by atoms with van der Waals surface area (Å²) in [5.74, 6) is -1.12. The zero-order valence-corrected chi connectivity index (χ0v) is 11.7. The van der Waals surface area contributed by atoms with Crippen molar-refractivity contribution in [1.29, 1.82) is 0 Å². The number of carboxylic acids is 1. The third-order valence-corrected chi connectivity index (χ3v) is 3.41. The van der Waals surface area contributed by atoms with Gasteiger partial charge in [-0.15, -0.1) is 0 Å². The van der Waals surface area contributed by atoms with E-state index in [2.05, 4.69) is 11.4 Å². The molecule has 1 unspecified atom stereocenters. The van der Waals surface area contributed by atoms with Crippen LogP contribution in [0.15, 0.2) is 36.4 Å². The molecule has 1 aliphatic heterocycles. The number of nitrogens with two attached hydrogens (primary N) is 1. The van der Waals surface area contributed by atoms with E-state index in [1.165, 1.54) is 12.1 Å². The second-order valence-corrected chi connectivity index (χ2v) is 4.92. The lowest BCUT2D eigenvalue weighted by Crippen LogP contribution is -2.45. The zero-order valence-electron chi connectivity index (χ0n) is 11.7. The molecule has 0 bridgehead atoms. The largest absolute Gasteiger partial charge is 0.478 e. The van der Waals surface area contributed by atoms with Crippen LogP contribution >= 0.6 is 0 Å². The molecule has 112 valence electrons. The lowest BCUT2D eigenvalue weighted by molar-refractivity contribution is -0.117. The molecular formula is C15H19N3O3. The highest BCUT2D eigenvalue weighted by Gasteiger charge is 2.19. The molecule has 0 spiro atoms. The Morgan fingerprint density at radius 2 is 2.05 bits per heavy atom. The van der Waals surface area contributed by atoms with Gasteiger partial charge in [0.05, 0.1) is 12.1 Å². The molecule has 21 heavy (non-hydrogen) atoms. The number of hydrogen-bond acceptors (Lipinski definition) is 4. The summed E-state index contributed by atoms with van der Waals surface area (Å²) in [6, 6.07) is 6.18. The number of carbonyl (C=O) groups excluding carboxylic acids is 1. The first-order valence-electron chi connectivity index (χ1n) is 6.84. The molecule has 6 nitrogen and oxygen atoms in total. The fourth-order valence-electron chi connectivity index (χ4n) is 2.29. The van der Waals surface area contributed by atoms with Crippen molar-refractivity contribution < 1.29 is 14.7 Å². The first-order valence-corrected chi connectivity index (χ1v) is 6.84. The van der Waals surface area contributed by atoms with Crippen LogP contribution in [0.1, 0.15) is 16.8 Å². The Bertz CT molecular complexity index is 540. The average Bonchev–Trinajstić information content (AvgIpc) is 2.48. The van der Waals surface area contributed by atoms with Crippen molar-refractivity contribution >= 4 is 17.6 Å². The van der Waals surface area contributed by atoms with E-state index in [9.17, 15) is 9.59 Å². The molecule has 0 saturated carbocycles. The number of rotatable bonds is 5. The molecule has 1 aromatic carbocycles. The second-order valence-electron chi connectivity index (χ2n) is 4.92. The third-order valence-electron chi connectivity index (χ3n) is 3.41. The van der Waals surface area contributed by atoms with Crippen LogP contribution in [-0.2, 0) is 4.79 Å². The molecule has 2 rings (SSSR count). The van der Waals surface area contributed by atoms with E-state index in [4.69, 9.17) is 10.8 Å². The number of carbonyl (C=O) groups is 2. The Hall–Kier alpha value is -2.18. The third kappa shape index (κ3) is 4.14. The van der Waals surface area contributed by atoms with E-state index < -0.39 is 5.97 Å². The van der Waals surface area contributed by atoms with Gasteiger partial charge >= 0.3 is 5.97 Å². The quantitative estimate of drug-likeness (QED) is 0.700. The van der Waals surface area contributed by atoms with Gasteiger partial charge in [0.1, 0.15) is 0 Å². The number of carboxylic acid groups (broad SMARTS) is 1. The highest BCUT2D eigenvalue weighted by molar-refractivity contribution is 5.93. The van der Waals surface area contributed by atoms with Crippen LogP contribution in [0, 0.1) is 0 Å². The normalized spacial score (nSPS) is 18.4. The molecular weight excluding hydrogens is 270 g/mol. The number of nitrogens with one attached hydrogen (secondary N) is 1. The molecule has 1 atom stereocenters. The van der Waals surface area contributed by atoms with E-state index >= 15 is 0 Å². The van der Waals surface area contributed by atoms with Crippen molar-refractivity contribution in [3.05, 3.63) is 42.0 Å². The first-order chi connectivity index (χ1) is 10.1. The van der Waals surface area contributed by atoms with Crippen LogP contribution in [0.25, 0.3) is 0 Å². The standard InChI is InChI=1S/C15H19N3O3/c16-9-13-3-1-2-8-18(13)10-14(19)17-12-6-4-11(5-7-12)15(20)21/h1,3-7,13H,2,8-10,16H2,(H,17,19)(H,20,21). The monoisotopic (exact) mass is 289 g/mol. The maximum Gasteiger partial charge on any atom is 0.335 e. The van der Waals surface area contributed by atoms with Crippen molar-refractivity contribution in [3.8, 4) is 0 Å². The summed E-state index contributed by atoms with van der Waals surface area (Å²) in [5, 5.41) is 11.6. The van der Waals surface area contributed by atoms with Gasteiger partial charge in [-0.1, -0.05) is 12.2 Å². The smallest absolute Gasteiger partial charge is 0.335 e. The summed E-state index contributed by atoms with van der Waals surface area (Å²) in [5.41, 5.74) is 6.46. The summed E-state index contributed by atoms with van der Waals surface area (Å²) >= 11 is 0. The van der Waals surface area contributed by atoms with E-state index in [0.717, 1.165) is 13.0 Å². The van der Waals surface area contributed by atoms with E-state index in [-0.39, 0.29) is 24.1 Å². The fraction of sp³-hybridized carbons (Fsp3) is 0.333. The van der Waals surface area contributed by atoms with Crippen molar-refractivity contribution in [2.75, 3.05) is 25.0 Å². The highest BCUT2D eigenvalue weighted by Crippen LogP contribution is 2.12. The van der Waals surface area contributed by atoms with Crippen molar-refractivity contribution in [2.45, 2.75) is 12.5 Å². The number of amides is 1. The molecule has 1 heterocycles. The molecule has 1 aromatic rings. The Kier molecular flexibility index (Phi) is 5.08. The predicted molar refractivity (Wildman–Crippen MR) is 80.2 cm³/mol. The zero-order chi connectivity index (χ0) is 15.2. The number of aromatic carboxylic acids is 1. The fourth-order valence-corrected chi connectivity index (χ4v) is 2.29. The van der Waals surface area contributed by atoms with Gasteiger partial charge in [0.2, 0.25) is 5.91 Å². The summed E-state index contributed by atoms with van der Waals surface area (Å²) in [6.07, 6.45) is 5.02. The number of nitrogens with zero attached hydrogens (tertiary/aromatic N) is 1. The van der Waals surface area contributed by atoms with Gasteiger partial charge in [-0.05, 0) is 30.7 Å². The Balaban J connectivity index is 1.92. The molecule has 4 N–H and O–H groups in total. The van der Waals surface area contributed by atoms with Crippen molar-refractivity contribution in [2.24, 2.45) is 5.73 Å². The number of anilines is 1. The minimum Gasteiger partial charge on any atom is -0.478 e.